The zero-order chi connectivity index (χ0) is 6.24. The summed E-state index contributed by atoms with van der Waals surface area (Å²) < 4.78 is 2.63. The molecular formula is C4H10N2OS. The second kappa shape index (κ2) is 6.91. The highest BCUT2D eigenvalue weighted by molar-refractivity contribution is 7.97. The molecule has 0 heterocycles. The van der Waals surface area contributed by atoms with Crippen LogP contribution in [0.2, 0.25) is 0 Å². The number of hydrogen-bond acceptors (Lipinski definition) is 4. The minimum Gasteiger partial charge on any atom is -0.330 e. The van der Waals surface area contributed by atoms with E-state index in [0.29, 0.717) is 6.54 Å². The van der Waals surface area contributed by atoms with Crippen LogP contribution in [-0.4, -0.2) is 12.3 Å². The van der Waals surface area contributed by atoms with E-state index in [1.165, 1.54) is 0 Å². The van der Waals surface area contributed by atoms with Gasteiger partial charge in [0.05, 0.1) is 0 Å². The van der Waals surface area contributed by atoms with E-state index in [1.807, 2.05) is 0 Å². The Morgan fingerprint density at radius 2 is 2.25 bits per heavy atom. The third-order valence-electron chi connectivity index (χ3n) is 0.742. The van der Waals surface area contributed by atoms with E-state index < -0.39 is 0 Å². The maximum atomic E-state index is 9.45. The van der Waals surface area contributed by atoms with Gasteiger partial charge in [-0.25, -0.2) is 0 Å². The van der Waals surface area contributed by atoms with E-state index >= 15 is 0 Å². The van der Waals surface area contributed by atoms with E-state index in [-0.39, 0.29) is 0 Å². The van der Waals surface area contributed by atoms with Crippen LogP contribution >= 0.6 is 11.9 Å². The van der Waals surface area contributed by atoms with Crippen LogP contribution in [-0.2, 0) is 0 Å². The fraction of sp³-hybridized carbons (Fsp3) is 1.00. The van der Waals surface area contributed by atoms with Gasteiger partial charge in [0.25, 0.3) is 0 Å². The van der Waals surface area contributed by atoms with Gasteiger partial charge >= 0.3 is 0 Å². The maximum Gasteiger partial charge on any atom is 0.0203 e. The number of unbranched alkanes of at least 4 members (excludes halogenated alkanes) is 1. The minimum absolute atomic E-state index is 0.708. The summed E-state index contributed by atoms with van der Waals surface area (Å²) in [6.45, 7) is 0.708. The summed E-state index contributed by atoms with van der Waals surface area (Å²) in [5.41, 5.74) is 5.19. The Labute approximate surface area is 53.1 Å². The molecule has 0 aromatic rings. The Hall–Kier alpha value is -0.0900. The molecule has 0 spiro atoms. The molecule has 4 heteroatoms. The zero-order valence-electron chi connectivity index (χ0n) is 4.67. The van der Waals surface area contributed by atoms with Gasteiger partial charge in [-0.2, -0.15) is 0 Å². The van der Waals surface area contributed by atoms with Gasteiger partial charge in [-0.05, 0) is 19.4 Å². The van der Waals surface area contributed by atoms with E-state index in [1.54, 1.807) is 0 Å². The van der Waals surface area contributed by atoms with Gasteiger partial charge in [0.15, 0.2) is 0 Å². The monoisotopic (exact) mass is 134 g/mol. The molecule has 0 aromatic carbocycles. The average molecular weight is 134 g/mol. The third kappa shape index (κ3) is 5.91. The van der Waals surface area contributed by atoms with Crippen molar-refractivity contribution in [1.29, 1.82) is 0 Å². The van der Waals surface area contributed by atoms with Crippen molar-refractivity contribution in [2.75, 3.05) is 12.3 Å². The Morgan fingerprint density at radius 1 is 1.50 bits per heavy atom. The van der Waals surface area contributed by atoms with Crippen molar-refractivity contribution >= 4 is 11.9 Å². The highest BCUT2D eigenvalue weighted by atomic mass is 32.2. The van der Waals surface area contributed by atoms with Crippen molar-refractivity contribution < 1.29 is 0 Å². The van der Waals surface area contributed by atoms with Crippen molar-refractivity contribution in [2.45, 2.75) is 12.8 Å². The van der Waals surface area contributed by atoms with E-state index in [2.05, 4.69) is 4.58 Å². The first-order valence-corrected chi connectivity index (χ1v) is 3.50. The molecule has 0 fully saturated rings. The molecular weight excluding hydrogens is 124 g/mol. The molecule has 0 bridgehead atoms. The molecule has 2 N–H and O–H groups in total. The molecule has 0 aliphatic carbocycles. The first kappa shape index (κ1) is 7.91. The molecule has 3 nitrogen and oxygen atoms in total. The SMILES string of the molecule is NCCCCSN=O. The highest BCUT2D eigenvalue weighted by Gasteiger charge is 1.84. The number of nitroso groups, excluding NO2 is 1. The van der Waals surface area contributed by atoms with Crippen molar-refractivity contribution in [3.05, 3.63) is 4.91 Å². The van der Waals surface area contributed by atoms with Crippen LogP contribution in [0, 0.1) is 4.91 Å². The molecule has 0 saturated carbocycles. The number of nitrogens with zero attached hydrogens (tertiary/aromatic N) is 1. The van der Waals surface area contributed by atoms with Crippen LogP contribution in [0.25, 0.3) is 0 Å². The van der Waals surface area contributed by atoms with Gasteiger partial charge in [-0.1, -0.05) is 0 Å². The lowest BCUT2D eigenvalue weighted by atomic mass is 10.3. The lowest BCUT2D eigenvalue weighted by molar-refractivity contribution is 0.815. The second-order valence-electron chi connectivity index (χ2n) is 1.40. The smallest absolute Gasteiger partial charge is 0.0203 e. The molecule has 0 amide bonds. The summed E-state index contributed by atoms with van der Waals surface area (Å²) in [6.07, 6.45) is 1.98. The summed E-state index contributed by atoms with van der Waals surface area (Å²) in [7, 11) is 0. The average Bonchev–Trinajstić information content (AvgIpc) is 1.81. The van der Waals surface area contributed by atoms with Crippen molar-refractivity contribution in [1.82, 2.24) is 0 Å². The van der Waals surface area contributed by atoms with Crippen molar-refractivity contribution in [3.63, 3.8) is 0 Å². The number of rotatable bonds is 5. The molecule has 0 rings (SSSR count). The van der Waals surface area contributed by atoms with Gasteiger partial charge in [0, 0.05) is 22.3 Å². The van der Waals surface area contributed by atoms with Gasteiger partial charge < -0.3 is 5.73 Å². The topological polar surface area (TPSA) is 55.4 Å². The van der Waals surface area contributed by atoms with Gasteiger partial charge in [-0.15, -0.1) is 4.91 Å². The Balaban J connectivity index is 2.62. The van der Waals surface area contributed by atoms with Crippen LogP contribution in [0.3, 0.4) is 0 Å². The first-order valence-electron chi connectivity index (χ1n) is 2.56. The fourth-order valence-corrected chi connectivity index (χ4v) is 0.756. The van der Waals surface area contributed by atoms with Crippen LogP contribution in [0.1, 0.15) is 12.8 Å². The molecule has 0 radical (unpaired) electrons. The molecule has 0 saturated heterocycles. The Kier molecular flexibility index (Phi) is 6.83. The number of hydrogen-bond donors (Lipinski definition) is 1. The predicted octanol–water partition coefficient (Wildman–Crippen LogP) is 1.14. The molecule has 48 valence electrons. The summed E-state index contributed by atoms with van der Waals surface area (Å²) in [5.74, 6) is 0.806. The van der Waals surface area contributed by atoms with Crippen LogP contribution in [0.4, 0.5) is 0 Å². The van der Waals surface area contributed by atoms with E-state index in [9.17, 15) is 4.91 Å². The fourth-order valence-electron chi connectivity index (χ4n) is 0.348. The van der Waals surface area contributed by atoms with Crippen LogP contribution < -0.4 is 5.73 Å². The van der Waals surface area contributed by atoms with Gasteiger partial charge in [0.2, 0.25) is 0 Å². The maximum absolute atomic E-state index is 9.45. The Morgan fingerprint density at radius 3 is 2.75 bits per heavy atom. The lowest BCUT2D eigenvalue weighted by Gasteiger charge is -1.89. The summed E-state index contributed by atoms with van der Waals surface area (Å²) in [6, 6.07) is 0. The van der Waals surface area contributed by atoms with Crippen LogP contribution in [0.15, 0.2) is 4.58 Å². The third-order valence-corrected chi connectivity index (χ3v) is 1.32. The predicted molar refractivity (Wildman–Crippen MR) is 36.5 cm³/mol. The molecule has 0 aliphatic rings. The summed E-state index contributed by atoms with van der Waals surface area (Å²) >= 11 is 1.06. The Bertz CT molecular complexity index is 60.0. The molecule has 0 unspecified atom stereocenters. The second-order valence-corrected chi connectivity index (χ2v) is 2.22. The quantitative estimate of drug-likeness (QED) is 0.348. The van der Waals surface area contributed by atoms with E-state index in [4.69, 9.17) is 5.73 Å². The molecule has 8 heavy (non-hydrogen) atoms. The van der Waals surface area contributed by atoms with Crippen molar-refractivity contribution in [3.8, 4) is 0 Å². The number of nitrogens with two attached hydrogens (primary N) is 1. The van der Waals surface area contributed by atoms with Gasteiger partial charge in [-0.3, -0.25) is 0 Å². The van der Waals surface area contributed by atoms with Gasteiger partial charge in [0.1, 0.15) is 0 Å². The van der Waals surface area contributed by atoms with Crippen LogP contribution in [0.5, 0.6) is 0 Å². The normalized spacial score (nSPS) is 9.12. The van der Waals surface area contributed by atoms with E-state index in [0.717, 1.165) is 30.5 Å². The van der Waals surface area contributed by atoms with Crippen molar-refractivity contribution in [2.24, 2.45) is 10.3 Å². The summed E-state index contributed by atoms with van der Waals surface area (Å²) in [5, 5.41) is 0. The lowest BCUT2D eigenvalue weighted by Crippen LogP contribution is -1.97. The molecule has 0 aromatic heterocycles. The molecule has 0 atom stereocenters. The highest BCUT2D eigenvalue weighted by Crippen LogP contribution is 2.02. The summed E-state index contributed by atoms with van der Waals surface area (Å²) in [4.78, 5) is 9.45. The standard InChI is InChI=1S/C4H10N2OS/c5-3-1-2-4-8-6-7/h1-5H2. The zero-order valence-corrected chi connectivity index (χ0v) is 5.49. The molecule has 0 aliphatic heterocycles. The first-order chi connectivity index (χ1) is 3.91. The minimum atomic E-state index is 0.708. The largest absolute Gasteiger partial charge is 0.330 e.